The van der Waals surface area contributed by atoms with Crippen LogP contribution in [0.3, 0.4) is 0 Å². The Kier molecular flexibility index (Phi) is 7.33. The average molecular weight is 494 g/mol. The van der Waals surface area contributed by atoms with Crippen LogP contribution >= 0.6 is 0 Å². The molecule has 1 aliphatic rings. The van der Waals surface area contributed by atoms with Crippen molar-refractivity contribution in [1.29, 1.82) is 0 Å². The fraction of sp³-hybridized carbons (Fsp3) is 0.214. The Balaban J connectivity index is 1.78. The van der Waals surface area contributed by atoms with E-state index in [1.54, 1.807) is 24.3 Å². The minimum Gasteiger partial charge on any atom is -0.508 e. The summed E-state index contributed by atoms with van der Waals surface area (Å²) in [6.45, 7) is 2.64. The quantitative estimate of drug-likeness (QED) is 0.178. The highest BCUT2D eigenvalue weighted by atomic mass is 19.1. The molecule has 1 amide bonds. The second-order valence-corrected chi connectivity index (χ2v) is 8.44. The van der Waals surface area contributed by atoms with Gasteiger partial charge in [0.15, 0.2) is 0 Å². The number of hydrogen-bond acceptors (Lipinski definition) is 5. The molecule has 3 aromatic rings. The number of aromatic hydroxyl groups is 1. The van der Waals surface area contributed by atoms with Gasteiger partial charge in [-0.1, -0.05) is 31.9 Å². The molecular formula is C28H25F2NO5. The van der Waals surface area contributed by atoms with Crippen LogP contribution in [0, 0.1) is 11.6 Å². The number of phenols is 1. The first-order valence-corrected chi connectivity index (χ1v) is 11.6. The van der Waals surface area contributed by atoms with Gasteiger partial charge in [0.2, 0.25) is 0 Å². The number of carbonyl (C=O) groups is 2. The third kappa shape index (κ3) is 4.93. The lowest BCUT2D eigenvalue weighted by Gasteiger charge is -2.26. The van der Waals surface area contributed by atoms with Gasteiger partial charge in [-0.2, -0.15) is 0 Å². The Morgan fingerprint density at radius 2 is 1.75 bits per heavy atom. The molecule has 3 aromatic carbocycles. The van der Waals surface area contributed by atoms with Gasteiger partial charge in [0.05, 0.1) is 23.9 Å². The molecule has 8 heteroatoms. The molecule has 1 fully saturated rings. The van der Waals surface area contributed by atoms with E-state index in [1.165, 1.54) is 24.3 Å². The number of halogens is 2. The van der Waals surface area contributed by atoms with Crippen molar-refractivity contribution in [2.24, 2.45) is 0 Å². The summed E-state index contributed by atoms with van der Waals surface area (Å²) < 4.78 is 34.0. The summed E-state index contributed by atoms with van der Waals surface area (Å²) in [7, 11) is 0. The molecule has 1 unspecified atom stereocenters. The molecule has 0 bridgehead atoms. The van der Waals surface area contributed by atoms with Crippen LogP contribution in [0.1, 0.15) is 43.4 Å². The zero-order valence-electron chi connectivity index (χ0n) is 19.6. The van der Waals surface area contributed by atoms with Gasteiger partial charge in [0, 0.05) is 11.6 Å². The lowest BCUT2D eigenvalue weighted by Crippen LogP contribution is -2.30. The summed E-state index contributed by atoms with van der Waals surface area (Å²) in [5, 5.41) is 21.2. The van der Waals surface area contributed by atoms with Crippen LogP contribution in [-0.2, 0) is 9.59 Å². The van der Waals surface area contributed by atoms with Crippen molar-refractivity contribution >= 4 is 23.1 Å². The third-order valence-electron chi connectivity index (χ3n) is 5.94. The molecule has 0 aromatic heterocycles. The molecule has 0 radical (unpaired) electrons. The lowest BCUT2D eigenvalue weighted by atomic mass is 9.95. The van der Waals surface area contributed by atoms with E-state index in [1.807, 2.05) is 0 Å². The molecule has 0 spiro atoms. The topological polar surface area (TPSA) is 87.1 Å². The first-order chi connectivity index (χ1) is 17.3. The normalized spacial score (nSPS) is 17.0. The van der Waals surface area contributed by atoms with E-state index >= 15 is 0 Å². The standard InChI is InChI=1S/C28H25F2NO5/c1-2-3-4-14-36-21-11-8-17(9-12-21)26(33)24-25(18-6-5-7-20(32)15-18)31(28(35)27(24)34)23-13-10-19(29)16-22(23)30/h5-13,15-16,25,32-33H,2-4,14H2,1H3/b26-24+. The number of ketones is 1. The number of rotatable bonds is 8. The number of aliphatic hydroxyl groups excluding tert-OH is 1. The second-order valence-electron chi connectivity index (χ2n) is 8.44. The zero-order valence-corrected chi connectivity index (χ0v) is 19.6. The number of ether oxygens (including phenoxy) is 1. The largest absolute Gasteiger partial charge is 0.508 e. The summed E-state index contributed by atoms with van der Waals surface area (Å²) in [4.78, 5) is 27.1. The summed E-state index contributed by atoms with van der Waals surface area (Å²) in [6.07, 6.45) is 3.02. The number of benzene rings is 3. The molecule has 2 N–H and O–H groups in total. The van der Waals surface area contributed by atoms with Gasteiger partial charge in [-0.05, 0) is 60.5 Å². The van der Waals surface area contributed by atoms with E-state index in [0.717, 1.165) is 36.3 Å². The third-order valence-corrected chi connectivity index (χ3v) is 5.94. The number of nitrogens with zero attached hydrogens (tertiary/aromatic N) is 1. The molecule has 1 atom stereocenters. The Morgan fingerprint density at radius 1 is 1.00 bits per heavy atom. The van der Waals surface area contributed by atoms with Crippen molar-refractivity contribution in [3.63, 3.8) is 0 Å². The predicted octanol–water partition coefficient (Wildman–Crippen LogP) is 5.87. The summed E-state index contributed by atoms with van der Waals surface area (Å²) in [6, 6.07) is 13.5. The van der Waals surface area contributed by atoms with Crippen molar-refractivity contribution in [2.75, 3.05) is 11.5 Å². The molecule has 1 heterocycles. The number of Topliss-reactive ketones (excluding diaryl/α,β-unsaturated/α-hetero) is 1. The maximum absolute atomic E-state index is 14.7. The van der Waals surface area contributed by atoms with E-state index in [0.29, 0.717) is 18.4 Å². The van der Waals surface area contributed by atoms with E-state index < -0.39 is 35.1 Å². The molecule has 0 aliphatic carbocycles. The highest BCUT2D eigenvalue weighted by molar-refractivity contribution is 6.51. The lowest BCUT2D eigenvalue weighted by molar-refractivity contribution is -0.132. The van der Waals surface area contributed by atoms with Crippen molar-refractivity contribution in [3.8, 4) is 11.5 Å². The Morgan fingerprint density at radius 3 is 2.42 bits per heavy atom. The Labute approximate surface area is 207 Å². The van der Waals surface area contributed by atoms with E-state index in [4.69, 9.17) is 4.74 Å². The number of hydrogen-bond donors (Lipinski definition) is 2. The Bertz CT molecular complexity index is 1320. The minimum absolute atomic E-state index is 0.151. The zero-order chi connectivity index (χ0) is 25.8. The Hall–Kier alpha value is -4.20. The van der Waals surface area contributed by atoms with Gasteiger partial charge in [0.25, 0.3) is 11.7 Å². The molecule has 1 saturated heterocycles. The number of unbranched alkanes of at least 4 members (excludes halogenated alkanes) is 2. The maximum Gasteiger partial charge on any atom is 0.300 e. The fourth-order valence-corrected chi connectivity index (χ4v) is 4.17. The molecule has 186 valence electrons. The van der Waals surface area contributed by atoms with Crippen LogP contribution in [0.15, 0.2) is 72.3 Å². The second kappa shape index (κ2) is 10.6. The highest BCUT2D eigenvalue weighted by Crippen LogP contribution is 2.43. The van der Waals surface area contributed by atoms with Crippen LogP contribution < -0.4 is 9.64 Å². The fourth-order valence-electron chi connectivity index (χ4n) is 4.17. The summed E-state index contributed by atoms with van der Waals surface area (Å²) >= 11 is 0. The number of aliphatic hydroxyl groups is 1. The molecule has 4 rings (SSSR count). The first kappa shape index (κ1) is 24.9. The predicted molar refractivity (Wildman–Crippen MR) is 131 cm³/mol. The van der Waals surface area contributed by atoms with E-state index in [2.05, 4.69) is 6.92 Å². The number of phenolic OH excluding ortho intramolecular Hbond substituents is 1. The number of carbonyl (C=O) groups excluding carboxylic acids is 2. The van der Waals surface area contributed by atoms with Crippen LogP contribution in [-0.4, -0.2) is 28.5 Å². The number of amides is 1. The van der Waals surface area contributed by atoms with Gasteiger partial charge < -0.3 is 14.9 Å². The van der Waals surface area contributed by atoms with Gasteiger partial charge in [-0.25, -0.2) is 8.78 Å². The molecule has 0 saturated carbocycles. The van der Waals surface area contributed by atoms with Crippen molar-refractivity contribution in [3.05, 3.63) is 95.1 Å². The smallest absolute Gasteiger partial charge is 0.300 e. The van der Waals surface area contributed by atoms with Crippen molar-refractivity contribution in [2.45, 2.75) is 32.2 Å². The molecular weight excluding hydrogens is 468 g/mol. The SMILES string of the molecule is CCCCCOc1ccc(/C(O)=C2\C(=O)C(=O)N(c3ccc(F)cc3F)C2c2cccc(O)c2)cc1. The van der Waals surface area contributed by atoms with Crippen molar-refractivity contribution < 1.29 is 33.3 Å². The average Bonchev–Trinajstić information content (AvgIpc) is 3.12. The van der Waals surface area contributed by atoms with Gasteiger partial charge in [-0.3, -0.25) is 14.5 Å². The summed E-state index contributed by atoms with van der Waals surface area (Å²) in [5.41, 5.74) is -0.110. The summed E-state index contributed by atoms with van der Waals surface area (Å²) in [5.74, 6) is -4.06. The van der Waals surface area contributed by atoms with Crippen LogP contribution in [0.4, 0.5) is 14.5 Å². The minimum atomic E-state index is -1.26. The van der Waals surface area contributed by atoms with Crippen LogP contribution in [0.2, 0.25) is 0 Å². The van der Waals surface area contributed by atoms with E-state index in [9.17, 15) is 28.6 Å². The maximum atomic E-state index is 14.7. The van der Waals surface area contributed by atoms with E-state index in [-0.39, 0.29) is 28.1 Å². The van der Waals surface area contributed by atoms with Gasteiger partial charge >= 0.3 is 0 Å². The molecule has 36 heavy (non-hydrogen) atoms. The molecule has 1 aliphatic heterocycles. The molecule has 6 nitrogen and oxygen atoms in total. The van der Waals surface area contributed by atoms with Crippen LogP contribution in [0.5, 0.6) is 11.5 Å². The first-order valence-electron chi connectivity index (χ1n) is 11.6. The van der Waals surface area contributed by atoms with Gasteiger partial charge in [0.1, 0.15) is 28.9 Å². The monoisotopic (exact) mass is 493 g/mol. The highest BCUT2D eigenvalue weighted by Gasteiger charge is 2.47. The number of anilines is 1. The van der Waals surface area contributed by atoms with Crippen molar-refractivity contribution in [1.82, 2.24) is 0 Å². The van der Waals surface area contributed by atoms with Crippen LogP contribution in [0.25, 0.3) is 5.76 Å². The van der Waals surface area contributed by atoms with Gasteiger partial charge in [-0.15, -0.1) is 0 Å².